The average Bonchev–Trinajstić information content (AvgIpc) is 2.77. The molecule has 18 heavy (non-hydrogen) atoms. The molecule has 1 aromatic carbocycles. The van der Waals surface area contributed by atoms with Gasteiger partial charge < -0.3 is 10.4 Å². The zero-order valence-corrected chi connectivity index (χ0v) is 11.4. The van der Waals surface area contributed by atoms with Crippen LogP contribution >= 0.6 is 12.4 Å². The minimum Gasteiger partial charge on any atom is -0.387 e. The number of nitrogens with one attached hydrogen (secondary N) is 1. The van der Waals surface area contributed by atoms with Gasteiger partial charge in [0.2, 0.25) is 0 Å². The molecular formula is C14H21ClFNO. The molecule has 0 saturated carbocycles. The molecule has 1 aliphatic rings. The first kappa shape index (κ1) is 15.4. The second-order valence-electron chi connectivity index (χ2n) is 4.84. The van der Waals surface area contributed by atoms with Crippen LogP contribution in [0.5, 0.6) is 0 Å². The molecule has 0 amide bonds. The van der Waals surface area contributed by atoms with Crippen LogP contribution in [0.4, 0.5) is 4.39 Å². The summed E-state index contributed by atoms with van der Waals surface area (Å²) in [5.41, 5.74) is 0.666. The fourth-order valence-corrected chi connectivity index (χ4v) is 2.60. The van der Waals surface area contributed by atoms with Crippen molar-refractivity contribution in [1.82, 2.24) is 5.32 Å². The first-order chi connectivity index (χ1) is 8.20. The van der Waals surface area contributed by atoms with Gasteiger partial charge >= 0.3 is 0 Å². The summed E-state index contributed by atoms with van der Waals surface area (Å²) in [5, 5.41) is 13.6. The Kier molecular flexibility index (Phi) is 6.06. The van der Waals surface area contributed by atoms with Gasteiger partial charge in [-0.05, 0) is 37.0 Å². The predicted octanol–water partition coefficient (Wildman–Crippen LogP) is 3.20. The van der Waals surface area contributed by atoms with E-state index in [2.05, 4.69) is 12.2 Å². The molecule has 102 valence electrons. The third-order valence-electron chi connectivity index (χ3n) is 3.48. The van der Waals surface area contributed by atoms with E-state index in [0.717, 1.165) is 25.7 Å². The van der Waals surface area contributed by atoms with Crippen LogP contribution in [-0.2, 0) is 0 Å². The number of hydrogen-bond acceptors (Lipinski definition) is 2. The molecule has 4 heteroatoms. The summed E-state index contributed by atoms with van der Waals surface area (Å²) in [6, 6.07) is 6.81. The zero-order valence-electron chi connectivity index (χ0n) is 10.6. The number of halogens is 2. The first-order valence-corrected chi connectivity index (χ1v) is 6.40. The fourth-order valence-electron chi connectivity index (χ4n) is 2.60. The van der Waals surface area contributed by atoms with Crippen LogP contribution in [0.25, 0.3) is 0 Å². The van der Waals surface area contributed by atoms with Gasteiger partial charge in [-0.2, -0.15) is 0 Å². The van der Waals surface area contributed by atoms with Crippen molar-refractivity contribution >= 4 is 12.4 Å². The normalized spacial score (nSPS) is 24.6. The Bertz CT molecular complexity index is 375. The van der Waals surface area contributed by atoms with Gasteiger partial charge in [0.25, 0.3) is 0 Å². The summed E-state index contributed by atoms with van der Waals surface area (Å²) in [4.78, 5) is 0. The van der Waals surface area contributed by atoms with Gasteiger partial charge in [0, 0.05) is 12.1 Å². The van der Waals surface area contributed by atoms with Crippen LogP contribution in [0.15, 0.2) is 24.3 Å². The summed E-state index contributed by atoms with van der Waals surface area (Å²) in [5.74, 6) is -0.287. The number of aliphatic hydroxyl groups excluding tert-OH is 1. The second kappa shape index (κ2) is 7.07. The van der Waals surface area contributed by atoms with Gasteiger partial charge in [-0.25, -0.2) is 4.39 Å². The summed E-state index contributed by atoms with van der Waals surface area (Å²) in [6.45, 7) is 2.16. The number of benzene rings is 1. The van der Waals surface area contributed by atoms with E-state index in [4.69, 9.17) is 0 Å². The van der Waals surface area contributed by atoms with Crippen LogP contribution in [0.2, 0.25) is 0 Å². The van der Waals surface area contributed by atoms with E-state index in [1.807, 2.05) is 0 Å². The molecule has 2 nitrogen and oxygen atoms in total. The summed E-state index contributed by atoms with van der Waals surface area (Å²) in [6.07, 6.45) is 3.76. The molecule has 1 fully saturated rings. The Hall–Kier alpha value is -0.640. The summed E-state index contributed by atoms with van der Waals surface area (Å²) in [7, 11) is 0. The number of rotatable bonds is 4. The zero-order chi connectivity index (χ0) is 12.3. The molecule has 1 aromatic rings. The molecule has 0 aliphatic carbocycles. The molecule has 0 radical (unpaired) electrons. The summed E-state index contributed by atoms with van der Waals surface area (Å²) < 4.78 is 13.1. The molecule has 0 aromatic heterocycles. The largest absolute Gasteiger partial charge is 0.387 e. The average molecular weight is 274 g/mol. The van der Waals surface area contributed by atoms with Gasteiger partial charge in [-0.1, -0.05) is 25.5 Å². The molecule has 0 unspecified atom stereocenters. The van der Waals surface area contributed by atoms with Crippen molar-refractivity contribution in [3.63, 3.8) is 0 Å². The van der Waals surface area contributed by atoms with Crippen molar-refractivity contribution in [2.45, 2.75) is 50.8 Å². The highest BCUT2D eigenvalue weighted by atomic mass is 35.5. The maximum absolute atomic E-state index is 13.1. The van der Waals surface area contributed by atoms with Crippen LogP contribution in [0, 0.1) is 5.82 Å². The lowest BCUT2D eigenvalue weighted by atomic mass is 10.0. The van der Waals surface area contributed by atoms with Crippen molar-refractivity contribution in [3.8, 4) is 0 Å². The minimum absolute atomic E-state index is 0. The maximum Gasteiger partial charge on any atom is 0.123 e. The van der Waals surface area contributed by atoms with Crippen molar-refractivity contribution in [3.05, 3.63) is 35.6 Å². The lowest BCUT2D eigenvalue weighted by Gasteiger charge is -2.20. The van der Waals surface area contributed by atoms with E-state index in [1.54, 1.807) is 12.1 Å². The highest BCUT2D eigenvalue weighted by Gasteiger charge is 2.29. The van der Waals surface area contributed by atoms with E-state index < -0.39 is 6.10 Å². The van der Waals surface area contributed by atoms with Crippen molar-refractivity contribution in [2.75, 3.05) is 0 Å². The third-order valence-corrected chi connectivity index (χ3v) is 3.48. The molecule has 0 bridgehead atoms. The number of hydrogen-bond donors (Lipinski definition) is 2. The van der Waals surface area contributed by atoms with Gasteiger partial charge in [-0.15, -0.1) is 12.4 Å². The highest BCUT2D eigenvalue weighted by molar-refractivity contribution is 5.85. The molecule has 3 atom stereocenters. The Labute approximate surface area is 114 Å². The van der Waals surface area contributed by atoms with Gasteiger partial charge in [0.1, 0.15) is 5.82 Å². The monoisotopic (exact) mass is 273 g/mol. The topological polar surface area (TPSA) is 32.3 Å². The molecule has 1 aliphatic heterocycles. The third kappa shape index (κ3) is 3.67. The van der Waals surface area contributed by atoms with Crippen LogP contribution in [-0.4, -0.2) is 17.2 Å². The Balaban J connectivity index is 0.00000162. The van der Waals surface area contributed by atoms with Crippen LogP contribution in [0.3, 0.4) is 0 Å². The van der Waals surface area contributed by atoms with Crippen LogP contribution < -0.4 is 5.32 Å². The molecule has 1 saturated heterocycles. The molecule has 1 heterocycles. The predicted molar refractivity (Wildman–Crippen MR) is 73.5 cm³/mol. The van der Waals surface area contributed by atoms with Crippen molar-refractivity contribution in [2.24, 2.45) is 0 Å². The Morgan fingerprint density at radius 1 is 1.44 bits per heavy atom. The molecule has 0 spiro atoms. The molecular weight excluding hydrogens is 253 g/mol. The van der Waals surface area contributed by atoms with E-state index in [1.165, 1.54) is 12.1 Å². The fraction of sp³-hybridized carbons (Fsp3) is 0.571. The summed E-state index contributed by atoms with van der Waals surface area (Å²) >= 11 is 0. The number of aliphatic hydroxyl groups is 1. The van der Waals surface area contributed by atoms with Gasteiger partial charge in [0.15, 0.2) is 0 Å². The first-order valence-electron chi connectivity index (χ1n) is 6.40. The minimum atomic E-state index is -0.604. The lowest BCUT2D eigenvalue weighted by molar-refractivity contribution is 0.134. The van der Waals surface area contributed by atoms with Gasteiger partial charge in [0.05, 0.1) is 6.10 Å². The van der Waals surface area contributed by atoms with E-state index in [0.29, 0.717) is 11.6 Å². The molecule has 2 N–H and O–H groups in total. The van der Waals surface area contributed by atoms with E-state index in [9.17, 15) is 9.50 Å². The SMILES string of the molecule is CCC[C@@H]1CC[C@H]([C@H](O)c2cccc(F)c2)N1.Cl. The molecule has 2 rings (SSSR count). The lowest BCUT2D eigenvalue weighted by Crippen LogP contribution is -2.33. The van der Waals surface area contributed by atoms with Crippen molar-refractivity contribution < 1.29 is 9.50 Å². The Morgan fingerprint density at radius 2 is 2.22 bits per heavy atom. The Morgan fingerprint density at radius 3 is 2.89 bits per heavy atom. The quantitative estimate of drug-likeness (QED) is 0.883. The highest BCUT2D eigenvalue weighted by Crippen LogP contribution is 2.27. The maximum atomic E-state index is 13.1. The van der Waals surface area contributed by atoms with Gasteiger partial charge in [-0.3, -0.25) is 0 Å². The standard InChI is InChI=1S/C14H20FNO.ClH/c1-2-4-12-7-8-13(16-12)14(17)10-5-3-6-11(15)9-10;/h3,5-6,9,12-14,16-17H,2,4,7-8H2,1H3;1H/t12-,13-,14-;/m1./s1. The van der Waals surface area contributed by atoms with E-state index in [-0.39, 0.29) is 24.3 Å². The van der Waals surface area contributed by atoms with Crippen LogP contribution in [0.1, 0.15) is 44.3 Å². The smallest absolute Gasteiger partial charge is 0.123 e. The van der Waals surface area contributed by atoms with Crippen molar-refractivity contribution in [1.29, 1.82) is 0 Å². The van der Waals surface area contributed by atoms with E-state index >= 15 is 0 Å². The second-order valence-corrected chi connectivity index (χ2v) is 4.84.